The van der Waals surface area contributed by atoms with Crippen molar-refractivity contribution >= 4 is 17.7 Å². The zero-order valence-corrected chi connectivity index (χ0v) is 6.20. The van der Waals surface area contributed by atoms with Crippen LogP contribution in [0, 0.1) is 0 Å². The second kappa shape index (κ2) is 4.44. The zero-order valence-electron chi connectivity index (χ0n) is 5.39. The van der Waals surface area contributed by atoms with Gasteiger partial charge in [0.15, 0.2) is 0 Å². The fraction of sp³-hybridized carbons (Fsp3) is 0.500. The first-order valence-corrected chi connectivity index (χ1v) is 3.98. The number of rotatable bonds is 4. The molecule has 0 aromatic heterocycles. The van der Waals surface area contributed by atoms with Crippen molar-refractivity contribution in [3.05, 3.63) is 12.2 Å². The van der Waals surface area contributed by atoms with Gasteiger partial charge >= 0.3 is 5.97 Å². The molecule has 0 aromatic rings. The van der Waals surface area contributed by atoms with Crippen LogP contribution >= 0.6 is 11.8 Å². The smallest absolute Gasteiger partial charge is 0.330 e. The van der Waals surface area contributed by atoms with E-state index in [0.29, 0.717) is 12.0 Å². The van der Waals surface area contributed by atoms with E-state index >= 15 is 0 Å². The number of thioether (sulfide) groups is 1. The molecule has 3 heteroatoms. The molecule has 1 N–H and O–H groups in total. The van der Waals surface area contributed by atoms with Crippen LogP contribution in [0.1, 0.15) is 6.42 Å². The third kappa shape index (κ3) is 4.09. The van der Waals surface area contributed by atoms with Crippen LogP contribution in [0.2, 0.25) is 0 Å². The van der Waals surface area contributed by atoms with Gasteiger partial charge in [0.1, 0.15) is 0 Å². The number of hydrogen-bond donors (Lipinski definition) is 1. The fourth-order valence-corrected chi connectivity index (χ4v) is 0.783. The maximum Gasteiger partial charge on any atom is 0.330 e. The summed E-state index contributed by atoms with van der Waals surface area (Å²) in [5.41, 5.74) is 0.296. The van der Waals surface area contributed by atoms with Crippen molar-refractivity contribution < 1.29 is 9.90 Å². The van der Waals surface area contributed by atoms with E-state index in [2.05, 4.69) is 6.58 Å². The molecule has 0 aliphatic rings. The molecule has 0 saturated heterocycles. The highest BCUT2D eigenvalue weighted by Gasteiger charge is 2.00. The largest absolute Gasteiger partial charge is 0.478 e. The third-order valence-corrected chi connectivity index (χ3v) is 1.52. The van der Waals surface area contributed by atoms with Crippen LogP contribution < -0.4 is 0 Å². The summed E-state index contributed by atoms with van der Waals surface area (Å²) in [6.45, 7) is 3.38. The number of carboxylic acid groups (broad SMARTS) is 1. The predicted octanol–water partition coefficient (Wildman–Crippen LogP) is 1.38. The molecule has 52 valence electrons. The molecule has 0 aliphatic heterocycles. The monoisotopic (exact) mass is 146 g/mol. The average molecular weight is 146 g/mol. The molecule has 0 amide bonds. The maximum atomic E-state index is 10.1. The summed E-state index contributed by atoms with van der Waals surface area (Å²) >= 11 is 1.62. The molecule has 0 aromatic carbocycles. The van der Waals surface area contributed by atoms with E-state index in [1.54, 1.807) is 11.8 Å². The quantitative estimate of drug-likeness (QED) is 0.609. The molecule has 0 atom stereocenters. The van der Waals surface area contributed by atoms with E-state index in [1.165, 1.54) is 0 Å². The van der Waals surface area contributed by atoms with Crippen LogP contribution in [0.4, 0.5) is 0 Å². The van der Waals surface area contributed by atoms with E-state index in [-0.39, 0.29) is 0 Å². The molecule has 9 heavy (non-hydrogen) atoms. The molecule has 0 saturated carbocycles. The summed E-state index contributed by atoms with van der Waals surface area (Å²) in [6.07, 6.45) is 2.52. The molecule has 0 unspecified atom stereocenters. The molecule has 0 bridgehead atoms. The first kappa shape index (κ1) is 8.56. The van der Waals surface area contributed by atoms with Crippen LogP contribution in [-0.4, -0.2) is 23.1 Å². The van der Waals surface area contributed by atoms with Crippen LogP contribution in [0.5, 0.6) is 0 Å². The Labute approximate surface area is 59.0 Å². The molecule has 0 rings (SSSR count). The Bertz CT molecular complexity index is 120. The van der Waals surface area contributed by atoms with Gasteiger partial charge in [-0.15, -0.1) is 0 Å². The first-order chi connectivity index (χ1) is 4.18. The lowest BCUT2D eigenvalue weighted by molar-refractivity contribution is -0.132. The Kier molecular flexibility index (Phi) is 4.22. The second-order valence-corrected chi connectivity index (χ2v) is 2.64. The molecule has 0 aliphatic carbocycles. The molecule has 0 radical (unpaired) electrons. The van der Waals surface area contributed by atoms with Gasteiger partial charge in [0.25, 0.3) is 0 Å². The van der Waals surface area contributed by atoms with Gasteiger partial charge in [0.05, 0.1) is 0 Å². The summed E-state index contributed by atoms with van der Waals surface area (Å²) in [6, 6.07) is 0. The molecule has 0 spiro atoms. The van der Waals surface area contributed by atoms with Gasteiger partial charge in [-0.1, -0.05) is 6.58 Å². The molecular weight excluding hydrogens is 136 g/mol. The third-order valence-electron chi connectivity index (χ3n) is 0.910. The van der Waals surface area contributed by atoms with Crippen LogP contribution in [0.25, 0.3) is 0 Å². The van der Waals surface area contributed by atoms with Crippen molar-refractivity contribution in [2.24, 2.45) is 0 Å². The predicted molar refractivity (Wildman–Crippen MR) is 39.8 cm³/mol. The standard InChI is InChI=1S/C6H10O2S/c1-5(6(7)8)3-4-9-2/h1,3-4H2,2H3,(H,7,8). The van der Waals surface area contributed by atoms with Crippen LogP contribution in [0.3, 0.4) is 0 Å². The number of aliphatic carboxylic acids is 1. The summed E-state index contributed by atoms with van der Waals surface area (Å²) in [5, 5.41) is 8.30. The Hall–Kier alpha value is -0.440. The van der Waals surface area contributed by atoms with Crippen molar-refractivity contribution in [2.75, 3.05) is 12.0 Å². The maximum absolute atomic E-state index is 10.1. The Morgan fingerprint density at radius 1 is 1.78 bits per heavy atom. The SMILES string of the molecule is C=C(CCSC)C(=O)O. The van der Waals surface area contributed by atoms with Crippen molar-refractivity contribution in [1.82, 2.24) is 0 Å². The van der Waals surface area contributed by atoms with Crippen molar-refractivity contribution in [1.29, 1.82) is 0 Å². The highest BCUT2D eigenvalue weighted by atomic mass is 32.2. The van der Waals surface area contributed by atoms with Gasteiger partial charge in [-0.25, -0.2) is 4.79 Å². The Balaban J connectivity index is 3.39. The molecular formula is C6H10O2S. The number of hydrogen-bond acceptors (Lipinski definition) is 2. The topological polar surface area (TPSA) is 37.3 Å². The summed E-state index contributed by atoms with van der Waals surface area (Å²) in [5.74, 6) is -0.0467. The Morgan fingerprint density at radius 2 is 2.33 bits per heavy atom. The summed E-state index contributed by atoms with van der Waals surface area (Å²) < 4.78 is 0. The summed E-state index contributed by atoms with van der Waals surface area (Å²) in [7, 11) is 0. The van der Waals surface area contributed by atoms with Gasteiger partial charge in [0, 0.05) is 5.57 Å². The second-order valence-electron chi connectivity index (χ2n) is 1.65. The normalized spacial score (nSPS) is 9.00. The van der Waals surface area contributed by atoms with Gasteiger partial charge < -0.3 is 5.11 Å². The first-order valence-electron chi connectivity index (χ1n) is 2.58. The molecule has 0 fully saturated rings. The highest BCUT2D eigenvalue weighted by molar-refractivity contribution is 7.98. The van der Waals surface area contributed by atoms with Gasteiger partial charge in [-0.2, -0.15) is 11.8 Å². The number of carboxylic acids is 1. The minimum Gasteiger partial charge on any atom is -0.478 e. The molecule has 2 nitrogen and oxygen atoms in total. The fourth-order valence-electron chi connectivity index (χ4n) is 0.332. The lowest BCUT2D eigenvalue weighted by Gasteiger charge is -1.94. The van der Waals surface area contributed by atoms with Crippen molar-refractivity contribution in [3.63, 3.8) is 0 Å². The minimum absolute atomic E-state index is 0.296. The Morgan fingerprint density at radius 3 is 2.67 bits per heavy atom. The van der Waals surface area contributed by atoms with E-state index < -0.39 is 5.97 Å². The van der Waals surface area contributed by atoms with Gasteiger partial charge in [0.2, 0.25) is 0 Å². The highest BCUT2D eigenvalue weighted by Crippen LogP contribution is 2.03. The lowest BCUT2D eigenvalue weighted by atomic mass is 10.2. The van der Waals surface area contributed by atoms with Gasteiger partial charge in [-0.3, -0.25) is 0 Å². The van der Waals surface area contributed by atoms with Crippen LogP contribution in [-0.2, 0) is 4.79 Å². The lowest BCUT2D eigenvalue weighted by Crippen LogP contribution is -1.99. The molecule has 0 heterocycles. The van der Waals surface area contributed by atoms with Crippen LogP contribution in [0.15, 0.2) is 12.2 Å². The van der Waals surface area contributed by atoms with Crippen molar-refractivity contribution in [3.8, 4) is 0 Å². The van der Waals surface area contributed by atoms with E-state index in [0.717, 1.165) is 5.75 Å². The average Bonchev–Trinajstić information content (AvgIpc) is 1.82. The minimum atomic E-state index is -0.885. The zero-order chi connectivity index (χ0) is 7.28. The number of carbonyl (C=O) groups is 1. The van der Waals surface area contributed by atoms with E-state index in [9.17, 15) is 4.79 Å². The summed E-state index contributed by atoms with van der Waals surface area (Å²) in [4.78, 5) is 10.1. The van der Waals surface area contributed by atoms with Gasteiger partial charge in [-0.05, 0) is 18.4 Å². The van der Waals surface area contributed by atoms with E-state index in [1.807, 2.05) is 6.26 Å². The van der Waals surface area contributed by atoms with E-state index in [4.69, 9.17) is 5.11 Å². The van der Waals surface area contributed by atoms with Crippen molar-refractivity contribution in [2.45, 2.75) is 6.42 Å².